The SMILES string of the molecule is Cn1cc(CC2Cc3ccccc3C2N)nn1. The van der Waals surface area contributed by atoms with Crippen molar-refractivity contribution >= 4 is 0 Å². The summed E-state index contributed by atoms with van der Waals surface area (Å²) < 4.78 is 1.74. The van der Waals surface area contributed by atoms with Gasteiger partial charge < -0.3 is 5.73 Å². The zero-order chi connectivity index (χ0) is 11.8. The Morgan fingerprint density at radius 3 is 2.94 bits per heavy atom. The van der Waals surface area contributed by atoms with Crippen molar-refractivity contribution in [2.75, 3.05) is 0 Å². The molecule has 0 aliphatic heterocycles. The molecule has 4 heteroatoms. The van der Waals surface area contributed by atoms with Crippen LogP contribution < -0.4 is 5.73 Å². The first kappa shape index (κ1) is 10.5. The van der Waals surface area contributed by atoms with E-state index in [0.29, 0.717) is 5.92 Å². The smallest absolute Gasteiger partial charge is 0.0830 e. The van der Waals surface area contributed by atoms with E-state index >= 15 is 0 Å². The van der Waals surface area contributed by atoms with Crippen molar-refractivity contribution in [3.8, 4) is 0 Å². The Bertz CT molecular complexity index is 532. The lowest BCUT2D eigenvalue weighted by atomic mass is 9.96. The van der Waals surface area contributed by atoms with Crippen LogP contribution in [0.25, 0.3) is 0 Å². The molecule has 0 fully saturated rings. The van der Waals surface area contributed by atoms with Crippen LogP contribution in [0.5, 0.6) is 0 Å². The standard InChI is InChI=1S/C13H16N4/c1-17-8-11(15-16-17)7-10-6-9-4-2-3-5-12(9)13(10)14/h2-5,8,10,13H,6-7,14H2,1H3. The summed E-state index contributed by atoms with van der Waals surface area (Å²) in [7, 11) is 1.89. The third kappa shape index (κ3) is 1.85. The lowest BCUT2D eigenvalue weighted by molar-refractivity contribution is 0.460. The van der Waals surface area contributed by atoms with Crippen LogP contribution in [0.1, 0.15) is 22.9 Å². The fourth-order valence-corrected chi connectivity index (χ4v) is 2.67. The second-order valence-corrected chi connectivity index (χ2v) is 4.78. The van der Waals surface area contributed by atoms with Gasteiger partial charge in [0.05, 0.1) is 5.69 Å². The van der Waals surface area contributed by atoms with Crippen LogP contribution in [0, 0.1) is 5.92 Å². The number of nitrogens with two attached hydrogens (primary N) is 1. The van der Waals surface area contributed by atoms with Crippen LogP contribution >= 0.6 is 0 Å². The highest BCUT2D eigenvalue weighted by atomic mass is 15.4. The van der Waals surface area contributed by atoms with Gasteiger partial charge in [0.1, 0.15) is 0 Å². The number of aromatic nitrogens is 3. The monoisotopic (exact) mass is 228 g/mol. The highest BCUT2D eigenvalue weighted by molar-refractivity contribution is 5.35. The summed E-state index contributed by atoms with van der Waals surface area (Å²) in [5.41, 5.74) is 9.99. The Morgan fingerprint density at radius 1 is 1.41 bits per heavy atom. The van der Waals surface area contributed by atoms with Crippen molar-refractivity contribution in [3.05, 3.63) is 47.3 Å². The van der Waals surface area contributed by atoms with Crippen molar-refractivity contribution < 1.29 is 0 Å². The number of hydrogen-bond donors (Lipinski definition) is 1. The predicted molar refractivity (Wildman–Crippen MR) is 65.3 cm³/mol. The minimum absolute atomic E-state index is 0.133. The molecule has 2 unspecified atom stereocenters. The molecule has 0 saturated heterocycles. The molecule has 0 radical (unpaired) electrons. The Morgan fingerprint density at radius 2 is 2.24 bits per heavy atom. The third-order valence-corrected chi connectivity index (χ3v) is 3.53. The molecule has 0 bridgehead atoms. The first-order valence-electron chi connectivity index (χ1n) is 5.92. The predicted octanol–water partition coefficient (Wildman–Crippen LogP) is 1.23. The van der Waals surface area contributed by atoms with E-state index in [2.05, 4.69) is 34.6 Å². The maximum atomic E-state index is 6.29. The topological polar surface area (TPSA) is 56.7 Å². The molecule has 88 valence electrons. The van der Waals surface area contributed by atoms with E-state index in [4.69, 9.17) is 5.73 Å². The van der Waals surface area contributed by atoms with Gasteiger partial charge in [-0.3, -0.25) is 4.68 Å². The van der Waals surface area contributed by atoms with E-state index < -0.39 is 0 Å². The molecule has 1 aliphatic rings. The average molecular weight is 228 g/mol. The van der Waals surface area contributed by atoms with Gasteiger partial charge in [0.15, 0.2) is 0 Å². The van der Waals surface area contributed by atoms with E-state index in [1.165, 1.54) is 11.1 Å². The summed E-state index contributed by atoms with van der Waals surface area (Å²) in [6.07, 6.45) is 3.92. The number of hydrogen-bond acceptors (Lipinski definition) is 3. The van der Waals surface area contributed by atoms with Crippen LogP contribution in [0.3, 0.4) is 0 Å². The quantitative estimate of drug-likeness (QED) is 0.841. The second-order valence-electron chi connectivity index (χ2n) is 4.78. The Labute approximate surface area is 100 Å². The van der Waals surface area contributed by atoms with Crippen molar-refractivity contribution in [2.45, 2.75) is 18.9 Å². The van der Waals surface area contributed by atoms with Crippen molar-refractivity contribution in [3.63, 3.8) is 0 Å². The van der Waals surface area contributed by atoms with Crippen LogP contribution in [-0.4, -0.2) is 15.0 Å². The van der Waals surface area contributed by atoms with Gasteiger partial charge in [-0.2, -0.15) is 0 Å². The summed E-state index contributed by atoms with van der Waals surface area (Å²) >= 11 is 0. The third-order valence-electron chi connectivity index (χ3n) is 3.53. The summed E-state index contributed by atoms with van der Waals surface area (Å²) in [6, 6.07) is 8.58. The molecular formula is C13H16N4. The molecule has 0 saturated carbocycles. The van der Waals surface area contributed by atoms with E-state index in [1.54, 1.807) is 4.68 Å². The van der Waals surface area contributed by atoms with Crippen LogP contribution in [-0.2, 0) is 19.9 Å². The molecule has 2 N–H and O–H groups in total. The van der Waals surface area contributed by atoms with Crippen molar-refractivity contribution in [1.29, 1.82) is 0 Å². The number of nitrogens with zero attached hydrogens (tertiary/aromatic N) is 3. The zero-order valence-electron chi connectivity index (χ0n) is 9.87. The molecule has 2 atom stereocenters. The van der Waals surface area contributed by atoms with E-state index in [-0.39, 0.29) is 6.04 Å². The maximum absolute atomic E-state index is 6.29. The van der Waals surface area contributed by atoms with E-state index in [9.17, 15) is 0 Å². The summed E-state index contributed by atoms with van der Waals surface area (Å²) in [5.74, 6) is 0.448. The Hall–Kier alpha value is -1.68. The highest BCUT2D eigenvalue weighted by Crippen LogP contribution is 2.35. The largest absolute Gasteiger partial charge is 0.324 e. The zero-order valence-corrected chi connectivity index (χ0v) is 9.87. The summed E-state index contributed by atoms with van der Waals surface area (Å²) in [5, 5.41) is 8.09. The fourth-order valence-electron chi connectivity index (χ4n) is 2.67. The number of rotatable bonds is 2. The molecule has 4 nitrogen and oxygen atoms in total. The molecule has 1 aliphatic carbocycles. The molecule has 1 aromatic heterocycles. The lowest BCUT2D eigenvalue weighted by Gasteiger charge is -2.14. The van der Waals surface area contributed by atoms with Gasteiger partial charge in [-0.05, 0) is 29.9 Å². The van der Waals surface area contributed by atoms with Crippen LogP contribution in [0.2, 0.25) is 0 Å². The second kappa shape index (κ2) is 3.96. The normalized spacial score (nSPS) is 22.7. The first-order valence-corrected chi connectivity index (χ1v) is 5.92. The van der Waals surface area contributed by atoms with Gasteiger partial charge in [0.25, 0.3) is 0 Å². The summed E-state index contributed by atoms with van der Waals surface area (Å²) in [4.78, 5) is 0. The Kier molecular flexibility index (Phi) is 2.44. The first-order chi connectivity index (χ1) is 8.24. The molecule has 17 heavy (non-hydrogen) atoms. The van der Waals surface area contributed by atoms with Crippen molar-refractivity contribution in [2.24, 2.45) is 18.7 Å². The van der Waals surface area contributed by atoms with Gasteiger partial charge in [0, 0.05) is 19.3 Å². The Balaban J connectivity index is 1.80. The molecule has 0 spiro atoms. The minimum Gasteiger partial charge on any atom is -0.324 e. The van der Waals surface area contributed by atoms with Gasteiger partial charge in [-0.15, -0.1) is 5.10 Å². The molecule has 1 heterocycles. The van der Waals surface area contributed by atoms with E-state index in [0.717, 1.165) is 18.5 Å². The van der Waals surface area contributed by atoms with Gasteiger partial charge >= 0.3 is 0 Å². The lowest BCUT2D eigenvalue weighted by Crippen LogP contribution is -2.19. The molecule has 1 aromatic carbocycles. The van der Waals surface area contributed by atoms with Gasteiger partial charge in [0.2, 0.25) is 0 Å². The van der Waals surface area contributed by atoms with Crippen LogP contribution in [0.15, 0.2) is 30.5 Å². The molecular weight excluding hydrogens is 212 g/mol. The van der Waals surface area contributed by atoms with E-state index in [1.807, 2.05) is 13.2 Å². The average Bonchev–Trinajstić information content (AvgIpc) is 2.86. The molecule has 3 rings (SSSR count). The molecule has 2 aromatic rings. The van der Waals surface area contributed by atoms with Gasteiger partial charge in [-0.1, -0.05) is 29.5 Å². The van der Waals surface area contributed by atoms with Gasteiger partial charge in [-0.25, -0.2) is 0 Å². The van der Waals surface area contributed by atoms with Crippen LogP contribution in [0.4, 0.5) is 0 Å². The minimum atomic E-state index is 0.133. The number of aryl methyl sites for hydroxylation is 1. The highest BCUT2D eigenvalue weighted by Gasteiger charge is 2.29. The maximum Gasteiger partial charge on any atom is 0.0830 e. The van der Waals surface area contributed by atoms with Crippen molar-refractivity contribution in [1.82, 2.24) is 15.0 Å². The summed E-state index contributed by atoms with van der Waals surface area (Å²) in [6.45, 7) is 0. The number of benzene rings is 1. The molecule has 0 amide bonds. The number of fused-ring (bicyclic) bond motifs is 1. The fraction of sp³-hybridized carbons (Fsp3) is 0.385.